The number of benzene rings is 2. The van der Waals surface area contributed by atoms with E-state index in [9.17, 15) is 14.0 Å². The highest BCUT2D eigenvalue weighted by Gasteiger charge is 2.43. The van der Waals surface area contributed by atoms with Crippen LogP contribution in [-0.2, 0) is 16.0 Å². The average Bonchev–Trinajstić information content (AvgIpc) is 3.35. The van der Waals surface area contributed by atoms with Crippen molar-refractivity contribution in [2.45, 2.75) is 25.2 Å². The number of aryl methyl sites for hydroxylation is 1. The van der Waals surface area contributed by atoms with E-state index in [1.165, 1.54) is 12.1 Å². The van der Waals surface area contributed by atoms with Crippen molar-refractivity contribution in [3.8, 4) is 0 Å². The second-order valence-electron chi connectivity index (χ2n) is 6.08. The molecule has 2 aromatic rings. The lowest BCUT2D eigenvalue weighted by Crippen LogP contribution is -2.14. The van der Waals surface area contributed by atoms with Crippen molar-refractivity contribution >= 4 is 17.6 Å². The maximum absolute atomic E-state index is 12.9. The third kappa shape index (κ3) is 3.98. The summed E-state index contributed by atoms with van der Waals surface area (Å²) >= 11 is 0. The minimum atomic E-state index is -0.826. The third-order valence-electron chi connectivity index (χ3n) is 4.27. The Hall–Kier alpha value is -2.69. The first-order chi connectivity index (χ1) is 11.5. The average molecular weight is 327 g/mol. The summed E-state index contributed by atoms with van der Waals surface area (Å²) in [6.45, 7) is 0. The van der Waals surface area contributed by atoms with Gasteiger partial charge in [0.2, 0.25) is 5.91 Å². The van der Waals surface area contributed by atoms with E-state index >= 15 is 0 Å². The zero-order chi connectivity index (χ0) is 17.1. The van der Waals surface area contributed by atoms with Gasteiger partial charge in [-0.15, -0.1) is 0 Å². The molecule has 0 spiro atoms. The van der Waals surface area contributed by atoms with E-state index in [1.807, 2.05) is 12.1 Å². The largest absolute Gasteiger partial charge is 0.481 e. The van der Waals surface area contributed by atoms with Crippen LogP contribution in [0.2, 0.25) is 0 Å². The molecular weight excluding hydrogens is 309 g/mol. The van der Waals surface area contributed by atoms with Crippen LogP contribution in [0.25, 0.3) is 0 Å². The van der Waals surface area contributed by atoms with E-state index in [0.717, 1.165) is 17.5 Å². The van der Waals surface area contributed by atoms with E-state index in [4.69, 9.17) is 5.11 Å². The van der Waals surface area contributed by atoms with Gasteiger partial charge < -0.3 is 10.4 Å². The molecule has 1 aliphatic carbocycles. The predicted molar refractivity (Wildman–Crippen MR) is 88.3 cm³/mol. The Morgan fingerprint density at radius 3 is 2.38 bits per heavy atom. The number of carbonyl (C=O) groups is 2. The molecule has 2 aromatic carbocycles. The summed E-state index contributed by atoms with van der Waals surface area (Å²) in [6.07, 6.45) is 1.33. The second kappa shape index (κ2) is 6.83. The standard InChI is InChI=1S/C19H18FNO3/c20-14-6-4-13(5-7-14)16-11-17(16)19(24)21-15-8-1-12(2-9-15)3-10-18(22)23/h1-2,4-9,16-17H,3,10-11H2,(H,21,24)(H,22,23). The summed E-state index contributed by atoms with van der Waals surface area (Å²) in [5, 5.41) is 11.6. The lowest BCUT2D eigenvalue weighted by atomic mass is 10.1. The molecule has 0 radical (unpaired) electrons. The highest BCUT2D eigenvalue weighted by molar-refractivity contribution is 5.95. The van der Waals surface area contributed by atoms with Crippen LogP contribution in [-0.4, -0.2) is 17.0 Å². The fourth-order valence-corrected chi connectivity index (χ4v) is 2.80. The van der Waals surface area contributed by atoms with Crippen LogP contribution in [0, 0.1) is 11.7 Å². The molecule has 0 saturated heterocycles. The molecule has 1 amide bonds. The highest BCUT2D eigenvalue weighted by Crippen LogP contribution is 2.47. The number of hydrogen-bond donors (Lipinski definition) is 2. The molecule has 2 unspecified atom stereocenters. The van der Waals surface area contributed by atoms with Crippen molar-refractivity contribution in [3.63, 3.8) is 0 Å². The molecule has 0 aromatic heterocycles. The van der Waals surface area contributed by atoms with E-state index < -0.39 is 5.97 Å². The normalized spacial score (nSPS) is 18.9. The number of carbonyl (C=O) groups excluding carboxylic acids is 1. The van der Waals surface area contributed by atoms with E-state index in [1.54, 1.807) is 24.3 Å². The highest BCUT2D eigenvalue weighted by atomic mass is 19.1. The molecular formula is C19H18FNO3. The maximum Gasteiger partial charge on any atom is 0.303 e. The summed E-state index contributed by atoms with van der Waals surface area (Å²) in [7, 11) is 0. The number of rotatable bonds is 6. The Kier molecular flexibility index (Phi) is 4.60. The molecule has 24 heavy (non-hydrogen) atoms. The van der Waals surface area contributed by atoms with Crippen LogP contribution in [0.15, 0.2) is 48.5 Å². The second-order valence-corrected chi connectivity index (χ2v) is 6.08. The topological polar surface area (TPSA) is 66.4 Å². The predicted octanol–water partition coefficient (Wildman–Crippen LogP) is 3.59. The molecule has 1 aliphatic rings. The van der Waals surface area contributed by atoms with Gasteiger partial charge in [0.25, 0.3) is 0 Å². The molecule has 1 fully saturated rings. The van der Waals surface area contributed by atoms with Gasteiger partial charge in [0.1, 0.15) is 5.82 Å². The quantitative estimate of drug-likeness (QED) is 0.852. The monoisotopic (exact) mass is 327 g/mol. The number of halogens is 1. The molecule has 2 atom stereocenters. The van der Waals surface area contributed by atoms with Gasteiger partial charge in [0.05, 0.1) is 0 Å². The van der Waals surface area contributed by atoms with Crippen LogP contribution < -0.4 is 5.32 Å². The molecule has 0 bridgehead atoms. The van der Waals surface area contributed by atoms with Gasteiger partial charge in [-0.2, -0.15) is 0 Å². The van der Waals surface area contributed by atoms with E-state index in [2.05, 4.69) is 5.32 Å². The van der Waals surface area contributed by atoms with Gasteiger partial charge >= 0.3 is 5.97 Å². The van der Waals surface area contributed by atoms with Crippen molar-refractivity contribution < 1.29 is 19.1 Å². The molecule has 3 rings (SSSR count). The SMILES string of the molecule is O=C(O)CCc1ccc(NC(=O)C2CC2c2ccc(F)cc2)cc1. The number of nitrogens with one attached hydrogen (secondary N) is 1. The first-order valence-corrected chi connectivity index (χ1v) is 7.90. The van der Waals surface area contributed by atoms with Crippen molar-refractivity contribution in [3.05, 3.63) is 65.5 Å². The molecule has 1 saturated carbocycles. The van der Waals surface area contributed by atoms with Gasteiger partial charge in [-0.1, -0.05) is 24.3 Å². The fourth-order valence-electron chi connectivity index (χ4n) is 2.80. The Morgan fingerprint density at radius 1 is 1.08 bits per heavy atom. The van der Waals surface area contributed by atoms with Crippen molar-refractivity contribution in [1.82, 2.24) is 0 Å². The van der Waals surface area contributed by atoms with Crippen LogP contribution in [0.5, 0.6) is 0 Å². The third-order valence-corrected chi connectivity index (χ3v) is 4.27. The summed E-state index contributed by atoms with van der Waals surface area (Å²) < 4.78 is 12.9. The maximum atomic E-state index is 12.9. The van der Waals surface area contributed by atoms with Gasteiger partial charge in [0.15, 0.2) is 0 Å². The molecule has 4 nitrogen and oxygen atoms in total. The van der Waals surface area contributed by atoms with E-state index in [-0.39, 0.29) is 30.0 Å². The van der Waals surface area contributed by atoms with Crippen LogP contribution in [0.4, 0.5) is 10.1 Å². The lowest BCUT2D eigenvalue weighted by molar-refractivity contribution is -0.137. The zero-order valence-corrected chi connectivity index (χ0v) is 13.0. The number of amides is 1. The van der Waals surface area contributed by atoms with Gasteiger partial charge in [-0.25, -0.2) is 4.39 Å². The number of carboxylic acid groups (broad SMARTS) is 1. The number of aliphatic carboxylic acids is 1. The Balaban J connectivity index is 1.54. The number of anilines is 1. The zero-order valence-electron chi connectivity index (χ0n) is 13.0. The first kappa shape index (κ1) is 16.2. The van der Waals surface area contributed by atoms with Crippen LogP contribution >= 0.6 is 0 Å². The first-order valence-electron chi connectivity index (χ1n) is 7.90. The molecule has 0 heterocycles. The van der Waals surface area contributed by atoms with Gasteiger partial charge in [0, 0.05) is 18.0 Å². The molecule has 0 aliphatic heterocycles. The van der Waals surface area contributed by atoms with E-state index in [0.29, 0.717) is 12.1 Å². The summed E-state index contributed by atoms with van der Waals surface area (Å²) in [4.78, 5) is 22.8. The van der Waals surface area contributed by atoms with Gasteiger partial charge in [-0.3, -0.25) is 9.59 Å². The molecule has 2 N–H and O–H groups in total. The minimum absolute atomic E-state index is 0.0392. The molecule has 124 valence electrons. The molecule has 5 heteroatoms. The summed E-state index contributed by atoms with van der Waals surface area (Å²) in [6, 6.07) is 13.5. The fraction of sp³-hybridized carbons (Fsp3) is 0.263. The smallest absolute Gasteiger partial charge is 0.303 e. The van der Waals surface area contributed by atoms with Crippen molar-refractivity contribution in [2.24, 2.45) is 5.92 Å². The number of hydrogen-bond acceptors (Lipinski definition) is 2. The Labute approximate surface area is 139 Å². The minimum Gasteiger partial charge on any atom is -0.481 e. The lowest BCUT2D eigenvalue weighted by Gasteiger charge is -2.06. The van der Waals surface area contributed by atoms with Gasteiger partial charge in [-0.05, 0) is 54.2 Å². The van der Waals surface area contributed by atoms with Crippen molar-refractivity contribution in [2.75, 3.05) is 5.32 Å². The van der Waals surface area contributed by atoms with Crippen molar-refractivity contribution in [1.29, 1.82) is 0 Å². The summed E-state index contributed by atoms with van der Waals surface area (Å²) in [5.41, 5.74) is 2.61. The Morgan fingerprint density at radius 2 is 1.75 bits per heavy atom. The number of carboxylic acids is 1. The van der Waals surface area contributed by atoms with Crippen LogP contribution in [0.3, 0.4) is 0 Å². The summed E-state index contributed by atoms with van der Waals surface area (Å²) in [5.74, 6) is -1.07. The Bertz CT molecular complexity index is 740. The van der Waals surface area contributed by atoms with Crippen LogP contribution in [0.1, 0.15) is 29.9 Å².